The van der Waals surface area contributed by atoms with Crippen molar-refractivity contribution >= 4 is 11.7 Å². The lowest BCUT2D eigenvalue weighted by atomic mass is 10.00. The summed E-state index contributed by atoms with van der Waals surface area (Å²) >= 11 is 0. The Kier molecular flexibility index (Phi) is 5.33. The number of aromatic nitrogens is 2. The fourth-order valence-electron chi connectivity index (χ4n) is 3.56. The van der Waals surface area contributed by atoms with Gasteiger partial charge in [-0.15, -0.1) is 0 Å². The van der Waals surface area contributed by atoms with E-state index in [1.165, 1.54) is 16.7 Å². The van der Waals surface area contributed by atoms with Gasteiger partial charge in [-0.05, 0) is 53.8 Å². The van der Waals surface area contributed by atoms with Gasteiger partial charge in [-0.25, -0.2) is 4.98 Å². The first kappa shape index (κ1) is 18.2. The van der Waals surface area contributed by atoms with Gasteiger partial charge in [-0.3, -0.25) is 9.78 Å². The highest BCUT2D eigenvalue weighted by Gasteiger charge is 2.18. The van der Waals surface area contributed by atoms with Crippen LogP contribution in [0, 0.1) is 0 Å². The van der Waals surface area contributed by atoms with E-state index in [4.69, 9.17) is 0 Å². The van der Waals surface area contributed by atoms with Crippen molar-refractivity contribution in [1.82, 2.24) is 14.9 Å². The molecule has 0 saturated heterocycles. The maximum atomic E-state index is 12.7. The molecule has 0 spiro atoms. The van der Waals surface area contributed by atoms with Gasteiger partial charge >= 0.3 is 0 Å². The van der Waals surface area contributed by atoms with E-state index in [1.54, 1.807) is 23.5 Å². The van der Waals surface area contributed by atoms with E-state index in [0.29, 0.717) is 12.1 Å². The molecule has 0 unspecified atom stereocenters. The van der Waals surface area contributed by atoms with Crippen molar-refractivity contribution in [2.75, 3.05) is 25.0 Å². The molecule has 0 aliphatic carbocycles. The van der Waals surface area contributed by atoms with Gasteiger partial charge in [0, 0.05) is 45.3 Å². The van der Waals surface area contributed by atoms with Crippen molar-refractivity contribution < 1.29 is 4.79 Å². The molecule has 142 valence electrons. The molecular weight excluding hydrogens is 348 g/mol. The third-order valence-corrected chi connectivity index (χ3v) is 5.28. The first-order valence-corrected chi connectivity index (χ1v) is 9.63. The zero-order valence-electron chi connectivity index (χ0n) is 16.1. The number of carbonyl (C=O) groups excluding carboxylic acids is 1. The predicted molar refractivity (Wildman–Crippen MR) is 110 cm³/mol. The van der Waals surface area contributed by atoms with Crippen LogP contribution in [0.3, 0.4) is 0 Å². The third kappa shape index (κ3) is 4.03. The van der Waals surface area contributed by atoms with Gasteiger partial charge in [0.25, 0.3) is 5.91 Å². The Labute approximate surface area is 165 Å². The second-order valence-corrected chi connectivity index (χ2v) is 7.18. The normalized spacial score (nSPS) is 13.1. The van der Waals surface area contributed by atoms with Crippen LogP contribution in [0.15, 0.2) is 67.1 Å². The van der Waals surface area contributed by atoms with Crippen LogP contribution in [-0.2, 0) is 19.4 Å². The molecule has 1 aliphatic heterocycles. The van der Waals surface area contributed by atoms with E-state index < -0.39 is 0 Å². The van der Waals surface area contributed by atoms with Crippen LogP contribution in [0.4, 0.5) is 5.82 Å². The number of benzene rings is 1. The predicted octanol–water partition coefficient (Wildman–Crippen LogP) is 3.35. The summed E-state index contributed by atoms with van der Waals surface area (Å²) in [4.78, 5) is 25.3. The largest absolute Gasteiger partial charge is 0.352 e. The zero-order valence-corrected chi connectivity index (χ0v) is 16.1. The number of rotatable bonds is 5. The summed E-state index contributed by atoms with van der Waals surface area (Å²) in [5.41, 5.74) is 4.57. The maximum Gasteiger partial charge on any atom is 0.255 e. The van der Waals surface area contributed by atoms with E-state index >= 15 is 0 Å². The van der Waals surface area contributed by atoms with Crippen LogP contribution < -0.4 is 4.90 Å². The lowest BCUT2D eigenvalue weighted by Gasteiger charge is -2.29. The van der Waals surface area contributed by atoms with Crippen LogP contribution in [0.25, 0.3) is 0 Å². The highest BCUT2D eigenvalue weighted by molar-refractivity contribution is 5.93. The number of hydrogen-bond acceptors (Lipinski definition) is 4. The third-order valence-electron chi connectivity index (χ3n) is 5.28. The number of amides is 1. The quantitative estimate of drug-likeness (QED) is 0.689. The molecule has 5 heteroatoms. The Morgan fingerprint density at radius 1 is 1.07 bits per heavy atom. The van der Waals surface area contributed by atoms with Crippen molar-refractivity contribution in [2.45, 2.75) is 19.4 Å². The Bertz CT molecular complexity index is 940. The fourth-order valence-corrected chi connectivity index (χ4v) is 3.56. The molecule has 1 amide bonds. The number of pyridine rings is 2. The molecule has 3 heterocycles. The summed E-state index contributed by atoms with van der Waals surface area (Å²) in [6.45, 7) is 2.47. The molecule has 0 radical (unpaired) electrons. The maximum absolute atomic E-state index is 12.7. The van der Waals surface area contributed by atoms with E-state index in [1.807, 2.05) is 31.3 Å². The summed E-state index contributed by atoms with van der Waals surface area (Å²) in [6, 6.07) is 16.3. The lowest BCUT2D eigenvalue weighted by molar-refractivity contribution is 0.0796. The fraction of sp³-hybridized carbons (Fsp3) is 0.261. The monoisotopic (exact) mass is 372 g/mol. The summed E-state index contributed by atoms with van der Waals surface area (Å²) in [5, 5.41) is 0. The van der Waals surface area contributed by atoms with Crippen LogP contribution >= 0.6 is 0 Å². The molecule has 28 heavy (non-hydrogen) atoms. The Hall–Kier alpha value is -3.21. The molecule has 1 aliphatic rings. The molecule has 5 nitrogen and oxygen atoms in total. The summed E-state index contributed by atoms with van der Waals surface area (Å²) in [6.07, 6.45) is 7.08. The number of likely N-dealkylation sites (N-methyl/N-ethyl adjacent to an activating group) is 1. The van der Waals surface area contributed by atoms with Crippen LogP contribution in [0.1, 0.15) is 27.0 Å². The highest BCUT2D eigenvalue weighted by Crippen LogP contribution is 2.23. The van der Waals surface area contributed by atoms with Gasteiger partial charge in [-0.2, -0.15) is 0 Å². The van der Waals surface area contributed by atoms with Crippen LogP contribution in [-0.4, -0.2) is 40.9 Å². The van der Waals surface area contributed by atoms with E-state index in [-0.39, 0.29) is 5.91 Å². The average Bonchev–Trinajstić information content (AvgIpc) is 2.77. The Balaban J connectivity index is 1.38. The minimum absolute atomic E-state index is 0.00269. The molecule has 0 saturated carbocycles. The SMILES string of the molecule is CN(CCc1ccncc1)C(=O)c1ccc(N2CCc3ccccc3C2)nc1. The van der Waals surface area contributed by atoms with Crippen molar-refractivity contribution in [3.63, 3.8) is 0 Å². The van der Waals surface area contributed by atoms with Crippen LogP contribution in [0.5, 0.6) is 0 Å². The standard InChI is InChI=1S/C23H24N4O/c1-26(14-10-18-8-12-24-13-9-18)23(28)20-6-7-22(25-16-20)27-15-11-19-4-2-3-5-21(19)17-27/h2-9,12-13,16H,10-11,14-15,17H2,1H3. The van der Waals surface area contributed by atoms with E-state index in [0.717, 1.165) is 31.7 Å². The molecule has 0 N–H and O–H groups in total. The Morgan fingerprint density at radius 3 is 2.61 bits per heavy atom. The van der Waals surface area contributed by atoms with Gasteiger partial charge in [0.1, 0.15) is 5.82 Å². The molecule has 0 atom stereocenters. The van der Waals surface area contributed by atoms with Crippen molar-refractivity contribution in [3.05, 3.63) is 89.4 Å². The number of fused-ring (bicyclic) bond motifs is 1. The van der Waals surface area contributed by atoms with Crippen molar-refractivity contribution in [3.8, 4) is 0 Å². The summed E-state index contributed by atoms with van der Waals surface area (Å²) in [5.74, 6) is 0.919. The van der Waals surface area contributed by atoms with Gasteiger partial charge in [-0.1, -0.05) is 24.3 Å². The molecule has 2 aromatic heterocycles. The van der Waals surface area contributed by atoms with Crippen LogP contribution in [0.2, 0.25) is 0 Å². The minimum atomic E-state index is -0.00269. The van der Waals surface area contributed by atoms with Crippen molar-refractivity contribution in [2.24, 2.45) is 0 Å². The average molecular weight is 372 g/mol. The second kappa shape index (κ2) is 8.21. The number of carbonyl (C=O) groups is 1. The number of anilines is 1. The first-order chi connectivity index (χ1) is 13.7. The van der Waals surface area contributed by atoms with Gasteiger partial charge in [0.2, 0.25) is 0 Å². The molecule has 3 aromatic rings. The van der Waals surface area contributed by atoms with Crippen molar-refractivity contribution in [1.29, 1.82) is 0 Å². The smallest absolute Gasteiger partial charge is 0.255 e. The molecular formula is C23H24N4O. The zero-order chi connectivity index (χ0) is 19.3. The second-order valence-electron chi connectivity index (χ2n) is 7.18. The van der Waals surface area contributed by atoms with E-state index in [2.05, 4.69) is 39.1 Å². The summed E-state index contributed by atoms with van der Waals surface area (Å²) < 4.78 is 0. The first-order valence-electron chi connectivity index (χ1n) is 9.63. The number of hydrogen-bond donors (Lipinski definition) is 0. The lowest BCUT2D eigenvalue weighted by Crippen LogP contribution is -2.31. The Morgan fingerprint density at radius 2 is 1.86 bits per heavy atom. The molecule has 0 bridgehead atoms. The molecule has 1 aromatic carbocycles. The molecule has 0 fully saturated rings. The molecule has 4 rings (SSSR count). The van der Waals surface area contributed by atoms with E-state index in [9.17, 15) is 4.79 Å². The van der Waals surface area contributed by atoms with Gasteiger partial charge in [0.15, 0.2) is 0 Å². The highest BCUT2D eigenvalue weighted by atomic mass is 16.2. The number of nitrogens with zero attached hydrogens (tertiary/aromatic N) is 4. The summed E-state index contributed by atoms with van der Waals surface area (Å²) in [7, 11) is 1.83. The topological polar surface area (TPSA) is 49.3 Å². The van der Waals surface area contributed by atoms with Gasteiger partial charge in [0.05, 0.1) is 5.56 Å². The minimum Gasteiger partial charge on any atom is -0.352 e. The van der Waals surface area contributed by atoms with Gasteiger partial charge < -0.3 is 9.80 Å².